The number of allylic oxidation sites excluding steroid dienone is 2. The highest BCUT2D eigenvalue weighted by Gasteiger charge is 2.00. The molecule has 100 valence electrons. The quantitative estimate of drug-likeness (QED) is 0.365. The Labute approximate surface area is 125 Å². The smallest absolute Gasteiger partial charge is 0.0366 e. The summed E-state index contributed by atoms with van der Waals surface area (Å²) in [7, 11) is 0. The van der Waals surface area contributed by atoms with Gasteiger partial charge in [0.05, 0.1) is 0 Å². The van der Waals surface area contributed by atoms with Crippen LogP contribution in [0.1, 0.15) is 32.3 Å². The third-order valence-electron chi connectivity index (χ3n) is 3.11. The Morgan fingerprint density at radius 3 is 2.17 bits per heavy atom. The molecule has 0 N–H and O–H groups in total. The molecule has 0 atom stereocenters. The van der Waals surface area contributed by atoms with Crippen LogP contribution in [0.15, 0.2) is 36.4 Å². The molecule has 0 unspecified atom stereocenters. The fourth-order valence-electron chi connectivity index (χ4n) is 2.01. The van der Waals surface area contributed by atoms with Gasteiger partial charge in [0.15, 0.2) is 0 Å². The first-order chi connectivity index (χ1) is 8.81. The lowest BCUT2D eigenvalue weighted by Crippen LogP contribution is -2.21. The molecule has 0 saturated carbocycles. The van der Waals surface area contributed by atoms with E-state index >= 15 is 0 Å². The average molecular weight is 357 g/mol. The second-order valence-corrected chi connectivity index (χ2v) is 5.41. The van der Waals surface area contributed by atoms with Crippen LogP contribution in [-0.2, 0) is 6.42 Å². The minimum absolute atomic E-state index is 1.08. The van der Waals surface area contributed by atoms with E-state index in [1.165, 1.54) is 22.1 Å². The van der Waals surface area contributed by atoms with Crippen molar-refractivity contribution in [2.75, 3.05) is 22.4 Å². The molecule has 0 bridgehead atoms. The summed E-state index contributed by atoms with van der Waals surface area (Å²) in [6.07, 6.45) is 8.09. The molecule has 1 nitrogen and oxygen atoms in total. The molecule has 18 heavy (non-hydrogen) atoms. The molecule has 1 aromatic carbocycles. The Kier molecular flexibility index (Phi) is 8.14. The van der Waals surface area contributed by atoms with Crippen LogP contribution in [0.3, 0.4) is 0 Å². The fraction of sp³-hybridized carbons (Fsp3) is 0.500. The maximum absolute atomic E-state index is 2.41. The number of aryl methyl sites for hydroxylation is 1. The van der Waals surface area contributed by atoms with Crippen LogP contribution in [0, 0.1) is 0 Å². The van der Waals surface area contributed by atoms with Crippen molar-refractivity contribution in [3.05, 3.63) is 42.0 Å². The lowest BCUT2D eigenvalue weighted by Gasteiger charge is -2.21. The lowest BCUT2D eigenvalue weighted by atomic mass is 10.1. The first kappa shape index (κ1) is 15.5. The maximum atomic E-state index is 2.41. The zero-order valence-corrected chi connectivity index (χ0v) is 13.7. The normalized spacial score (nSPS) is 11.1. The average Bonchev–Trinajstić information content (AvgIpc) is 2.41. The summed E-state index contributed by atoms with van der Waals surface area (Å²) in [6, 6.07) is 9.02. The van der Waals surface area contributed by atoms with E-state index in [1.54, 1.807) is 0 Å². The third-order valence-corrected chi connectivity index (χ3v) is 3.73. The summed E-state index contributed by atoms with van der Waals surface area (Å²) in [6.45, 7) is 6.56. The fourth-order valence-corrected chi connectivity index (χ4v) is 2.37. The van der Waals surface area contributed by atoms with Crippen LogP contribution < -0.4 is 4.90 Å². The highest BCUT2D eigenvalue weighted by atomic mass is 127. The van der Waals surface area contributed by atoms with Gasteiger partial charge in [-0.1, -0.05) is 46.9 Å². The van der Waals surface area contributed by atoms with Crippen molar-refractivity contribution in [2.24, 2.45) is 0 Å². The minimum atomic E-state index is 1.08. The second-order valence-electron chi connectivity index (χ2n) is 4.33. The van der Waals surface area contributed by atoms with Crippen molar-refractivity contribution in [3.8, 4) is 0 Å². The molecular formula is C16H24IN. The number of halogens is 1. The molecule has 0 aliphatic heterocycles. The SMILES string of the molecule is CCN(CC)c1ccc(CC/C=C/CCI)cc1. The van der Waals surface area contributed by atoms with Gasteiger partial charge in [0, 0.05) is 23.2 Å². The van der Waals surface area contributed by atoms with E-state index in [2.05, 4.69) is 77.8 Å². The zero-order chi connectivity index (χ0) is 13.2. The van der Waals surface area contributed by atoms with Gasteiger partial charge in [0.1, 0.15) is 0 Å². The van der Waals surface area contributed by atoms with Crippen molar-refractivity contribution >= 4 is 28.3 Å². The van der Waals surface area contributed by atoms with E-state index in [4.69, 9.17) is 0 Å². The third kappa shape index (κ3) is 5.42. The molecule has 0 aliphatic rings. The van der Waals surface area contributed by atoms with E-state index in [-0.39, 0.29) is 0 Å². The van der Waals surface area contributed by atoms with Crippen LogP contribution in [0.4, 0.5) is 5.69 Å². The molecule has 0 heterocycles. The van der Waals surface area contributed by atoms with Gasteiger partial charge in [-0.2, -0.15) is 0 Å². The van der Waals surface area contributed by atoms with Crippen LogP contribution in [0.5, 0.6) is 0 Å². The Hall–Kier alpha value is -0.510. The highest BCUT2D eigenvalue weighted by Crippen LogP contribution is 2.15. The predicted molar refractivity (Wildman–Crippen MR) is 91.0 cm³/mol. The van der Waals surface area contributed by atoms with Gasteiger partial charge in [-0.15, -0.1) is 0 Å². The van der Waals surface area contributed by atoms with Crippen LogP contribution in [0.2, 0.25) is 0 Å². The van der Waals surface area contributed by atoms with Gasteiger partial charge >= 0.3 is 0 Å². The number of rotatable bonds is 8. The van der Waals surface area contributed by atoms with Crippen molar-refractivity contribution in [1.82, 2.24) is 0 Å². The van der Waals surface area contributed by atoms with Crippen molar-refractivity contribution in [1.29, 1.82) is 0 Å². The van der Waals surface area contributed by atoms with Gasteiger partial charge in [-0.05, 0) is 50.8 Å². The lowest BCUT2D eigenvalue weighted by molar-refractivity contribution is 0.865. The number of anilines is 1. The summed E-state index contributed by atoms with van der Waals surface area (Å²) in [5.41, 5.74) is 2.77. The monoisotopic (exact) mass is 357 g/mol. The standard InChI is InChI=1S/C16H24IN/c1-3-18(4-2)16-12-10-15(11-13-16)9-7-5-6-8-14-17/h5-6,10-13H,3-4,7-9,14H2,1-2H3/b6-5+. The maximum Gasteiger partial charge on any atom is 0.0366 e. The summed E-state index contributed by atoms with van der Waals surface area (Å²) < 4.78 is 1.22. The Balaban J connectivity index is 2.45. The molecular weight excluding hydrogens is 333 g/mol. The predicted octanol–water partition coefficient (Wildman–Crippen LogP) is 4.85. The van der Waals surface area contributed by atoms with E-state index < -0.39 is 0 Å². The minimum Gasteiger partial charge on any atom is -0.372 e. The van der Waals surface area contributed by atoms with Gasteiger partial charge < -0.3 is 4.90 Å². The van der Waals surface area contributed by atoms with Crippen molar-refractivity contribution in [3.63, 3.8) is 0 Å². The molecule has 0 saturated heterocycles. The van der Waals surface area contributed by atoms with Crippen LogP contribution >= 0.6 is 22.6 Å². The summed E-state index contributed by atoms with van der Waals surface area (Å²) in [4.78, 5) is 2.38. The molecule has 2 heteroatoms. The second kappa shape index (κ2) is 9.42. The van der Waals surface area contributed by atoms with Gasteiger partial charge in [0.2, 0.25) is 0 Å². The Bertz CT molecular complexity index is 339. The molecule has 0 radical (unpaired) electrons. The van der Waals surface area contributed by atoms with Gasteiger partial charge in [-0.3, -0.25) is 0 Å². The number of benzene rings is 1. The molecule has 0 fully saturated rings. The van der Waals surface area contributed by atoms with Crippen molar-refractivity contribution < 1.29 is 0 Å². The molecule has 1 aromatic rings. The zero-order valence-electron chi connectivity index (χ0n) is 11.5. The molecule has 0 aromatic heterocycles. The Morgan fingerprint density at radius 2 is 1.61 bits per heavy atom. The summed E-state index contributed by atoms with van der Waals surface area (Å²) in [5, 5.41) is 0. The van der Waals surface area contributed by atoms with Crippen molar-refractivity contribution in [2.45, 2.75) is 33.1 Å². The topological polar surface area (TPSA) is 3.24 Å². The molecule has 0 amide bonds. The summed E-state index contributed by atoms with van der Waals surface area (Å²) in [5.74, 6) is 0. The first-order valence-electron chi connectivity index (χ1n) is 6.86. The van der Waals surface area contributed by atoms with E-state index in [0.717, 1.165) is 25.9 Å². The largest absolute Gasteiger partial charge is 0.372 e. The van der Waals surface area contributed by atoms with Gasteiger partial charge in [0.25, 0.3) is 0 Å². The van der Waals surface area contributed by atoms with E-state index in [0.29, 0.717) is 0 Å². The van der Waals surface area contributed by atoms with Crippen LogP contribution in [-0.4, -0.2) is 17.5 Å². The number of alkyl halides is 1. The number of nitrogens with zero attached hydrogens (tertiary/aromatic N) is 1. The van der Waals surface area contributed by atoms with Gasteiger partial charge in [-0.25, -0.2) is 0 Å². The molecule has 1 rings (SSSR count). The first-order valence-corrected chi connectivity index (χ1v) is 8.39. The number of hydrogen-bond acceptors (Lipinski definition) is 1. The van der Waals surface area contributed by atoms with E-state index in [1.807, 2.05) is 0 Å². The highest BCUT2D eigenvalue weighted by molar-refractivity contribution is 14.1. The molecule has 0 spiro atoms. The van der Waals surface area contributed by atoms with E-state index in [9.17, 15) is 0 Å². The van der Waals surface area contributed by atoms with Crippen LogP contribution in [0.25, 0.3) is 0 Å². The number of hydrogen-bond donors (Lipinski definition) is 0. The Morgan fingerprint density at radius 1 is 1.00 bits per heavy atom. The molecule has 0 aliphatic carbocycles. The summed E-state index contributed by atoms with van der Waals surface area (Å²) >= 11 is 2.41.